The van der Waals surface area contributed by atoms with Crippen molar-refractivity contribution in [2.45, 2.75) is 45.6 Å². The van der Waals surface area contributed by atoms with Crippen molar-refractivity contribution >= 4 is 11.8 Å². The third-order valence-electron chi connectivity index (χ3n) is 4.16. The fraction of sp³-hybridized carbons (Fsp3) is 0.529. The van der Waals surface area contributed by atoms with Gasteiger partial charge in [0.05, 0.1) is 18.3 Å². The molecule has 1 saturated heterocycles. The highest BCUT2D eigenvalue weighted by Crippen LogP contribution is 2.27. The lowest BCUT2D eigenvalue weighted by molar-refractivity contribution is -0.140. The molecule has 128 valence electrons. The van der Waals surface area contributed by atoms with Crippen LogP contribution in [0.15, 0.2) is 23.0 Å². The Morgan fingerprint density at radius 1 is 1.29 bits per heavy atom. The van der Waals surface area contributed by atoms with E-state index >= 15 is 0 Å². The Morgan fingerprint density at radius 3 is 2.62 bits per heavy atom. The Bertz CT molecular complexity index is 769. The molecule has 24 heavy (non-hydrogen) atoms. The van der Waals surface area contributed by atoms with Gasteiger partial charge in [0.1, 0.15) is 12.3 Å². The zero-order chi connectivity index (χ0) is 17.5. The molecule has 0 spiro atoms. The summed E-state index contributed by atoms with van der Waals surface area (Å²) in [4.78, 5) is 30.2. The van der Waals surface area contributed by atoms with E-state index in [0.29, 0.717) is 12.3 Å². The second kappa shape index (κ2) is 5.89. The highest BCUT2D eigenvalue weighted by Gasteiger charge is 2.39. The number of carbonyl (C=O) groups is 2. The first-order valence-electron chi connectivity index (χ1n) is 8.01. The second-order valence-electron chi connectivity index (χ2n) is 7.31. The maximum Gasteiger partial charge on any atom is 0.233 e. The lowest BCUT2D eigenvalue weighted by Crippen LogP contribution is -2.30. The van der Waals surface area contributed by atoms with Gasteiger partial charge in [0.15, 0.2) is 0 Å². The summed E-state index contributed by atoms with van der Waals surface area (Å²) < 4.78 is 7.38. The first kappa shape index (κ1) is 16.4. The van der Waals surface area contributed by atoms with Crippen LogP contribution in [0.1, 0.15) is 44.4 Å². The summed E-state index contributed by atoms with van der Waals surface area (Å²) in [6, 6.07) is 0. The van der Waals surface area contributed by atoms with E-state index in [1.807, 2.05) is 34.0 Å². The predicted octanol–water partition coefficient (Wildman–Crippen LogP) is 1.82. The van der Waals surface area contributed by atoms with Crippen LogP contribution in [0.5, 0.6) is 0 Å². The topological polar surface area (TPSA) is 81.2 Å². The van der Waals surface area contributed by atoms with Gasteiger partial charge in [-0.1, -0.05) is 20.8 Å². The molecule has 2 amide bonds. The van der Waals surface area contributed by atoms with E-state index in [9.17, 15) is 9.59 Å². The van der Waals surface area contributed by atoms with Gasteiger partial charge in [-0.15, -0.1) is 0 Å². The van der Waals surface area contributed by atoms with Crippen molar-refractivity contribution in [2.75, 3.05) is 0 Å². The summed E-state index contributed by atoms with van der Waals surface area (Å²) in [7, 11) is 1.83. The SMILES string of the molecule is Cn1cc(CC2CC(=O)N(Cc3ncc(C(C)(C)C)o3)C2=O)cn1. The smallest absolute Gasteiger partial charge is 0.233 e. The number of hydrogen-bond donors (Lipinski definition) is 0. The lowest BCUT2D eigenvalue weighted by atomic mass is 9.94. The van der Waals surface area contributed by atoms with Crippen molar-refractivity contribution in [3.63, 3.8) is 0 Å². The monoisotopic (exact) mass is 330 g/mol. The molecule has 2 aromatic rings. The standard InChI is InChI=1S/C17H22N4O3/c1-17(2,3)13-8-18-14(24-13)10-21-15(22)6-12(16(21)23)5-11-7-19-20(4)9-11/h7-9,12H,5-6,10H2,1-4H3. The van der Waals surface area contributed by atoms with Crippen LogP contribution in [-0.4, -0.2) is 31.5 Å². The Hall–Kier alpha value is -2.44. The van der Waals surface area contributed by atoms with E-state index in [1.54, 1.807) is 17.1 Å². The number of nitrogens with zero attached hydrogens (tertiary/aromatic N) is 4. The predicted molar refractivity (Wildman–Crippen MR) is 85.8 cm³/mol. The normalized spacial score (nSPS) is 18.7. The lowest BCUT2D eigenvalue weighted by Gasteiger charge is -2.14. The number of imide groups is 1. The summed E-state index contributed by atoms with van der Waals surface area (Å²) in [6.07, 6.45) is 6.00. The molecular weight excluding hydrogens is 308 g/mol. The van der Waals surface area contributed by atoms with Crippen LogP contribution in [0.2, 0.25) is 0 Å². The van der Waals surface area contributed by atoms with E-state index in [0.717, 1.165) is 11.3 Å². The van der Waals surface area contributed by atoms with Crippen molar-refractivity contribution in [3.8, 4) is 0 Å². The van der Waals surface area contributed by atoms with Crippen molar-refractivity contribution in [1.82, 2.24) is 19.7 Å². The fourth-order valence-corrected chi connectivity index (χ4v) is 2.80. The van der Waals surface area contributed by atoms with Crippen LogP contribution in [0.25, 0.3) is 0 Å². The van der Waals surface area contributed by atoms with E-state index in [4.69, 9.17) is 4.42 Å². The molecule has 1 aliphatic rings. The Labute approximate surface area is 140 Å². The van der Waals surface area contributed by atoms with Gasteiger partial charge in [-0.3, -0.25) is 19.2 Å². The largest absolute Gasteiger partial charge is 0.443 e. The fourth-order valence-electron chi connectivity index (χ4n) is 2.80. The molecule has 0 aromatic carbocycles. The minimum absolute atomic E-state index is 0.0945. The number of aryl methyl sites for hydroxylation is 1. The molecular formula is C17H22N4O3. The quantitative estimate of drug-likeness (QED) is 0.799. The molecule has 3 rings (SSSR count). The second-order valence-corrected chi connectivity index (χ2v) is 7.31. The van der Waals surface area contributed by atoms with E-state index in [1.165, 1.54) is 4.90 Å². The average Bonchev–Trinajstić information content (AvgIpc) is 3.16. The highest BCUT2D eigenvalue weighted by molar-refractivity contribution is 6.03. The van der Waals surface area contributed by atoms with Gasteiger partial charge in [-0.25, -0.2) is 4.98 Å². The van der Waals surface area contributed by atoms with Crippen LogP contribution in [0, 0.1) is 5.92 Å². The zero-order valence-corrected chi connectivity index (χ0v) is 14.4. The number of hydrogen-bond acceptors (Lipinski definition) is 5. The molecule has 0 saturated carbocycles. The zero-order valence-electron chi connectivity index (χ0n) is 14.4. The number of likely N-dealkylation sites (tertiary alicyclic amines) is 1. The summed E-state index contributed by atoms with van der Waals surface area (Å²) in [5.74, 6) is 0.453. The molecule has 1 aliphatic heterocycles. The molecule has 1 fully saturated rings. The molecule has 1 unspecified atom stereocenters. The number of aromatic nitrogens is 3. The Morgan fingerprint density at radius 2 is 2.04 bits per heavy atom. The first-order valence-corrected chi connectivity index (χ1v) is 8.01. The van der Waals surface area contributed by atoms with Gasteiger partial charge in [0.25, 0.3) is 0 Å². The summed E-state index contributed by atoms with van der Waals surface area (Å²) in [5, 5.41) is 4.10. The Kier molecular flexibility index (Phi) is 4.03. The highest BCUT2D eigenvalue weighted by atomic mass is 16.4. The number of carbonyl (C=O) groups excluding carboxylic acids is 2. The molecule has 2 aromatic heterocycles. The number of oxazole rings is 1. The first-order chi connectivity index (χ1) is 11.2. The number of amides is 2. The van der Waals surface area contributed by atoms with Crippen LogP contribution in [0.3, 0.4) is 0 Å². The van der Waals surface area contributed by atoms with E-state index in [2.05, 4.69) is 10.1 Å². The van der Waals surface area contributed by atoms with Gasteiger partial charge in [-0.05, 0) is 12.0 Å². The van der Waals surface area contributed by atoms with Crippen molar-refractivity contribution in [2.24, 2.45) is 13.0 Å². The summed E-state index contributed by atoms with van der Waals surface area (Å²) in [5.41, 5.74) is 0.796. The number of rotatable bonds is 4. The minimum Gasteiger partial charge on any atom is -0.443 e. The minimum atomic E-state index is -0.334. The van der Waals surface area contributed by atoms with Gasteiger partial charge in [-0.2, -0.15) is 5.10 Å². The molecule has 3 heterocycles. The third kappa shape index (κ3) is 3.25. The van der Waals surface area contributed by atoms with Crippen molar-refractivity contribution in [3.05, 3.63) is 35.8 Å². The third-order valence-corrected chi connectivity index (χ3v) is 4.16. The molecule has 0 N–H and O–H groups in total. The maximum atomic E-state index is 12.5. The van der Waals surface area contributed by atoms with Crippen molar-refractivity contribution in [1.29, 1.82) is 0 Å². The maximum absolute atomic E-state index is 12.5. The van der Waals surface area contributed by atoms with Crippen LogP contribution in [-0.2, 0) is 35.0 Å². The summed E-state index contributed by atoms with van der Waals surface area (Å²) in [6.45, 7) is 6.16. The molecule has 7 heteroatoms. The van der Waals surface area contributed by atoms with Crippen LogP contribution >= 0.6 is 0 Å². The molecule has 0 radical (unpaired) electrons. The van der Waals surface area contributed by atoms with Crippen LogP contribution in [0.4, 0.5) is 0 Å². The van der Waals surface area contributed by atoms with E-state index in [-0.39, 0.29) is 36.1 Å². The molecule has 1 atom stereocenters. The molecule has 0 aliphatic carbocycles. The van der Waals surface area contributed by atoms with Gasteiger partial charge in [0.2, 0.25) is 17.7 Å². The van der Waals surface area contributed by atoms with Crippen LogP contribution < -0.4 is 0 Å². The molecule has 0 bridgehead atoms. The van der Waals surface area contributed by atoms with E-state index < -0.39 is 0 Å². The molecule has 7 nitrogen and oxygen atoms in total. The summed E-state index contributed by atoms with van der Waals surface area (Å²) >= 11 is 0. The van der Waals surface area contributed by atoms with Crippen molar-refractivity contribution < 1.29 is 14.0 Å². The van der Waals surface area contributed by atoms with Gasteiger partial charge in [0, 0.05) is 25.1 Å². The van der Waals surface area contributed by atoms with Gasteiger partial charge < -0.3 is 4.42 Å². The van der Waals surface area contributed by atoms with Gasteiger partial charge >= 0.3 is 0 Å². The Balaban J connectivity index is 1.69. The average molecular weight is 330 g/mol.